The van der Waals surface area contributed by atoms with Gasteiger partial charge in [-0.25, -0.2) is 0 Å². The summed E-state index contributed by atoms with van der Waals surface area (Å²) >= 11 is 0. The van der Waals surface area contributed by atoms with E-state index < -0.39 is 11.7 Å². The van der Waals surface area contributed by atoms with Crippen molar-refractivity contribution >= 4 is 5.69 Å². The maximum absolute atomic E-state index is 12.9. The zero-order chi connectivity index (χ0) is 13.3. The minimum absolute atomic E-state index is 0.150. The number of anilines is 1. The van der Waals surface area contributed by atoms with Gasteiger partial charge in [0.25, 0.3) is 0 Å². The summed E-state index contributed by atoms with van der Waals surface area (Å²) in [7, 11) is 0. The van der Waals surface area contributed by atoms with Gasteiger partial charge in [0.1, 0.15) is 0 Å². The van der Waals surface area contributed by atoms with Gasteiger partial charge in [-0.2, -0.15) is 13.2 Å². The molecule has 0 atom stereocenters. The molecule has 0 aliphatic carbocycles. The van der Waals surface area contributed by atoms with Crippen LogP contribution in [-0.4, -0.2) is 0 Å². The number of hydrogen-bond acceptors (Lipinski definition) is 1. The van der Waals surface area contributed by atoms with Gasteiger partial charge in [0.2, 0.25) is 0 Å². The van der Waals surface area contributed by atoms with Crippen molar-refractivity contribution in [1.29, 1.82) is 0 Å². The number of hydrogen-bond donors (Lipinski definition) is 1. The molecule has 0 saturated heterocycles. The van der Waals surface area contributed by atoms with Crippen LogP contribution < -0.4 is 5.73 Å². The van der Waals surface area contributed by atoms with Gasteiger partial charge in [0.15, 0.2) is 0 Å². The van der Waals surface area contributed by atoms with E-state index in [2.05, 4.69) is 0 Å². The van der Waals surface area contributed by atoms with Crippen LogP contribution in [0.15, 0.2) is 42.5 Å². The van der Waals surface area contributed by atoms with E-state index in [4.69, 9.17) is 5.73 Å². The van der Waals surface area contributed by atoms with E-state index in [9.17, 15) is 13.2 Å². The SMILES string of the molecule is Cc1ccc(-c2ccccc2C(F)(F)F)cc1N. The number of benzene rings is 2. The van der Waals surface area contributed by atoms with Gasteiger partial charge in [0, 0.05) is 5.69 Å². The number of alkyl halides is 3. The minimum Gasteiger partial charge on any atom is -0.398 e. The molecule has 18 heavy (non-hydrogen) atoms. The molecule has 1 nitrogen and oxygen atoms in total. The van der Waals surface area contributed by atoms with Crippen LogP contribution in [0.3, 0.4) is 0 Å². The second-order valence-electron chi connectivity index (χ2n) is 4.11. The standard InChI is InChI=1S/C14H12F3N/c1-9-6-7-10(8-13(9)18)11-4-2-3-5-12(11)14(15,16)17/h2-8H,18H2,1H3. The highest BCUT2D eigenvalue weighted by Crippen LogP contribution is 2.37. The van der Waals surface area contributed by atoms with Crippen molar-refractivity contribution in [2.24, 2.45) is 0 Å². The summed E-state index contributed by atoms with van der Waals surface area (Å²) < 4.78 is 38.6. The maximum Gasteiger partial charge on any atom is 0.417 e. The van der Waals surface area contributed by atoms with Crippen LogP contribution in [0.1, 0.15) is 11.1 Å². The van der Waals surface area contributed by atoms with Gasteiger partial charge in [-0.1, -0.05) is 30.3 Å². The van der Waals surface area contributed by atoms with Crippen LogP contribution in [0, 0.1) is 6.92 Å². The molecule has 0 saturated carbocycles. The Hall–Kier alpha value is -1.97. The quantitative estimate of drug-likeness (QED) is 0.753. The molecule has 0 aromatic heterocycles. The molecule has 0 unspecified atom stereocenters. The highest BCUT2D eigenvalue weighted by atomic mass is 19.4. The van der Waals surface area contributed by atoms with E-state index in [0.29, 0.717) is 11.3 Å². The van der Waals surface area contributed by atoms with Crippen molar-refractivity contribution in [3.05, 3.63) is 53.6 Å². The van der Waals surface area contributed by atoms with Gasteiger partial charge in [-0.3, -0.25) is 0 Å². The number of rotatable bonds is 1. The Balaban J connectivity index is 2.61. The lowest BCUT2D eigenvalue weighted by Gasteiger charge is -2.13. The van der Waals surface area contributed by atoms with Crippen molar-refractivity contribution in [2.45, 2.75) is 13.1 Å². The molecular formula is C14H12F3N. The normalized spacial score (nSPS) is 11.6. The molecule has 94 valence electrons. The molecule has 2 aromatic carbocycles. The van der Waals surface area contributed by atoms with Gasteiger partial charge >= 0.3 is 6.18 Å². The van der Waals surface area contributed by atoms with E-state index in [1.54, 1.807) is 24.3 Å². The second-order valence-corrected chi connectivity index (χ2v) is 4.11. The first kappa shape index (κ1) is 12.5. The van der Waals surface area contributed by atoms with Crippen LogP contribution in [0.25, 0.3) is 11.1 Å². The minimum atomic E-state index is -4.36. The van der Waals surface area contributed by atoms with Crippen molar-refractivity contribution in [3.8, 4) is 11.1 Å². The van der Waals surface area contributed by atoms with E-state index in [1.807, 2.05) is 6.92 Å². The highest BCUT2D eigenvalue weighted by molar-refractivity contribution is 5.72. The molecule has 2 N–H and O–H groups in total. The fraction of sp³-hybridized carbons (Fsp3) is 0.143. The van der Waals surface area contributed by atoms with Crippen molar-refractivity contribution in [1.82, 2.24) is 0 Å². The molecule has 2 aromatic rings. The lowest BCUT2D eigenvalue weighted by Crippen LogP contribution is -2.07. The molecule has 0 spiro atoms. The lowest BCUT2D eigenvalue weighted by molar-refractivity contribution is -0.137. The lowest BCUT2D eigenvalue weighted by atomic mass is 9.98. The fourth-order valence-electron chi connectivity index (χ4n) is 1.79. The summed E-state index contributed by atoms with van der Waals surface area (Å²) in [4.78, 5) is 0. The number of aryl methyl sites for hydroxylation is 1. The smallest absolute Gasteiger partial charge is 0.398 e. The summed E-state index contributed by atoms with van der Waals surface area (Å²) in [5.41, 5.74) is 7.06. The molecular weight excluding hydrogens is 239 g/mol. The number of halogens is 3. The molecule has 4 heteroatoms. The van der Waals surface area contributed by atoms with E-state index >= 15 is 0 Å². The van der Waals surface area contributed by atoms with E-state index in [-0.39, 0.29) is 5.56 Å². The van der Waals surface area contributed by atoms with Gasteiger partial charge in [-0.05, 0) is 35.7 Å². The van der Waals surface area contributed by atoms with Crippen LogP contribution >= 0.6 is 0 Å². The Morgan fingerprint density at radius 3 is 2.28 bits per heavy atom. The molecule has 0 fully saturated rings. The molecule has 0 radical (unpaired) electrons. The summed E-state index contributed by atoms with van der Waals surface area (Å²) in [5.74, 6) is 0. The van der Waals surface area contributed by atoms with Crippen LogP contribution in [-0.2, 0) is 6.18 Å². The zero-order valence-corrected chi connectivity index (χ0v) is 9.75. The first-order valence-electron chi connectivity index (χ1n) is 5.42. The third kappa shape index (κ3) is 2.32. The van der Waals surface area contributed by atoms with Gasteiger partial charge in [-0.15, -0.1) is 0 Å². The number of nitrogen functional groups attached to an aromatic ring is 1. The fourth-order valence-corrected chi connectivity index (χ4v) is 1.79. The van der Waals surface area contributed by atoms with Crippen molar-refractivity contribution < 1.29 is 13.2 Å². The highest BCUT2D eigenvalue weighted by Gasteiger charge is 2.33. The topological polar surface area (TPSA) is 26.0 Å². The molecule has 0 heterocycles. The third-order valence-corrected chi connectivity index (χ3v) is 2.82. The average molecular weight is 251 g/mol. The van der Waals surface area contributed by atoms with E-state index in [0.717, 1.165) is 11.6 Å². The molecule has 0 bridgehead atoms. The van der Waals surface area contributed by atoms with E-state index in [1.165, 1.54) is 12.1 Å². The predicted octanol–water partition coefficient (Wildman–Crippen LogP) is 4.26. The molecule has 2 rings (SSSR count). The van der Waals surface area contributed by atoms with Crippen molar-refractivity contribution in [2.75, 3.05) is 5.73 Å². The predicted molar refractivity (Wildman–Crippen MR) is 66.0 cm³/mol. The Morgan fingerprint density at radius 1 is 1.00 bits per heavy atom. The second kappa shape index (κ2) is 4.37. The Labute approximate surface area is 103 Å². The molecule has 0 amide bonds. The van der Waals surface area contributed by atoms with Crippen LogP contribution in [0.2, 0.25) is 0 Å². The molecule has 0 aliphatic heterocycles. The summed E-state index contributed by atoms with van der Waals surface area (Å²) in [6, 6.07) is 10.4. The van der Waals surface area contributed by atoms with Crippen LogP contribution in [0.4, 0.5) is 18.9 Å². The molecule has 0 aliphatic rings. The summed E-state index contributed by atoms with van der Waals surface area (Å²) in [6.07, 6.45) is -4.36. The average Bonchev–Trinajstić information content (AvgIpc) is 2.32. The first-order valence-corrected chi connectivity index (χ1v) is 5.42. The maximum atomic E-state index is 12.9. The zero-order valence-electron chi connectivity index (χ0n) is 9.75. The van der Waals surface area contributed by atoms with Crippen molar-refractivity contribution in [3.63, 3.8) is 0 Å². The van der Waals surface area contributed by atoms with Gasteiger partial charge in [0.05, 0.1) is 5.56 Å². The summed E-state index contributed by atoms with van der Waals surface area (Å²) in [6.45, 7) is 1.81. The first-order chi connectivity index (χ1) is 8.39. The van der Waals surface area contributed by atoms with Gasteiger partial charge < -0.3 is 5.73 Å². The largest absolute Gasteiger partial charge is 0.417 e. The monoisotopic (exact) mass is 251 g/mol. The number of nitrogens with two attached hydrogens (primary N) is 1. The summed E-state index contributed by atoms with van der Waals surface area (Å²) in [5, 5.41) is 0. The Morgan fingerprint density at radius 2 is 1.67 bits per heavy atom. The van der Waals surface area contributed by atoms with Crippen LogP contribution in [0.5, 0.6) is 0 Å². The third-order valence-electron chi connectivity index (χ3n) is 2.82. The Kier molecular flexibility index (Phi) is 3.03. The Bertz CT molecular complexity index is 573.